The number of benzene rings is 1. The number of thiazole rings is 1. The molecule has 0 aliphatic rings. The van der Waals surface area contributed by atoms with Gasteiger partial charge in [-0.2, -0.15) is 5.26 Å². The fourth-order valence-corrected chi connectivity index (χ4v) is 2.45. The van der Waals surface area contributed by atoms with Gasteiger partial charge >= 0.3 is 0 Å². The van der Waals surface area contributed by atoms with E-state index in [0.717, 1.165) is 5.01 Å². The summed E-state index contributed by atoms with van der Waals surface area (Å²) >= 11 is 1.31. The number of hydrogen-bond donors (Lipinski definition) is 0. The van der Waals surface area contributed by atoms with Crippen molar-refractivity contribution in [1.29, 1.82) is 5.26 Å². The molecule has 4 nitrogen and oxygen atoms in total. The summed E-state index contributed by atoms with van der Waals surface area (Å²) in [4.78, 5) is 16.8. The first-order valence-electron chi connectivity index (χ1n) is 5.66. The number of ether oxygens (including phenoxy) is 1. The molecule has 0 radical (unpaired) electrons. The lowest BCUT2D eigenvalue weighted by Gasteiger charge is -2.07. The Labute approximate surface area is 115 Å². The second-order valence-corrected chi connectivity index (χ2v) is 5.18. The highest BCUT2D eigenvalue weighted by Crippen LogP contribution is 2.25. The minimum Gasteiger partial charge on any atom is -0.497 e. The average molecular weight is 272 g/mol. The Morgan fingerprint density at radius 2 is 2.11 bits per heavy atom. The van der Waals surface area contributed by atoms with Crippen molar-refractivity contribution in [3.63, 3.8) is 0 Å². The lowest BCUT2D eigenvalue weighted by atomic mass is 9.95. The van der Waals surface area contributed by atoms with Gasteiger partial charge in [-0.3, -0.25) is 4.79 Å². The van der Waals surface area contributed by atoms with Crippen LogP contribution in [0.3, 0.4) is 0 Å². The number of nitriles is 1. The van der Waals surface area contributed by atoms with Crippen molar-refractivity contribution in [1.82, 2.24) is 4.98 Å². The van der Waals surface area contributed by atoms with Gasteiger partial charge in [-0.15, -0.1) is 11.3 Å². The smallest absolute Gasteiger partial charge is 0.195 e. The van der Waals surface area contributed by atoms with Crippen LogP contribution in [-0.4, -0.2) is 17.9 Å². The minimum absolute atomic E-state index is 0.210. The summed E-state index contributed by atoms with van der Waals surface area (Å²) in [5.41, 5.74) is 0.666. The Morgan fingerprint density at radius 1 is 1.42 bits per heavy atom. The van der Waals surface area contributed by atoms with Crippen LogP contribution in [0.4, 0.5) is 0 Å². The third-order valence-electron chi connectivity index (χ3n) is 2.70. The standard InChI is InChI=1S/C14H12N2O2S/c1-9-16-8-13(19-9)14(17)12(7-15)10-3-5-11(18-2)6-4-10/h3-6,8,12H,1-2H3. The topological polar surface area (TPSA) is 63.0 Å². The highest BCUT2D eigenvalue weighted by Gasteiger charge is 2.23. The van der Waals surface area contributed by atoms with Crippen LogP contribution in [0, 0.1) is 18.3 Å². The van der Waals surface area contributed by atoms with Crippen LogP contribution in [0.15, 0.2) is 30.5 Å². The van der Waals surface area contributed by atoms with E-state index in [9.17, 15) is 10.1 Å². The molecule has 1 unspecified atom stereocenters. The first-order valence-corrected chi connectivity index (χ1v) is 6.47. The third-order valence-corrected chi connectivity index (χ3v) is 3.63. The molecule has 0 saturated heterocycles. The number of methoxy groups -OCH3 is 1. The number of carbonyl (C=O) groups excluding carboxylic acids is 1. The number of Topliss-reactive ketones (excluding diaryl/α,β-unsaturated/α-hetero) is 1. The van der Waals surface area contributed by atoms with Crippen LogP contribution in [0.25, 0.3) is 0 Å². The number of aromatic nitrogens is 1. The molecule has 0 aliphatic carbocycles. The second-order valence-electron chi connectivity index (χ2n) is 3.94. The summed E-state index contributed by atoms with van der Waals surface area (Å²) in [6.45, 7) is 1.83. The molecule has 0 fully saturated rings. The van der Waals surface area contributed by atoms with Gasteiger partial charge in [0.05, 0.1) is 23.1 Å². The summed E-state index contributed by atoms with van der Waals surface area (Å²) in [7, 11) is 1.57. The maximum absolute atomic E-state index is 12.3. The van der Waals surface area contributed by atoms with Gasteiger partial charge in [0.1, 0.15) is 11.7 Å². The Balaban J connectivity index is 2.29. The van der Waals surface area contributed by atoms with Gasteiger partial charge in [0.2, 0.25) is 0 Å². The zero-order chi connectivity index (χ0) is 13.8. The number of hydrogen-bond acceptors (Lipinski definition) is 5. The number of nitrogens with zero attached hydrogens (tertiary/aromatic N) is 2. The summed E-state index contributed by atoms with van der Waals surface area (Å²) in [5, 5.41) is 10.0. The Kier molecular flexibility index (Phi) is 3.93. The van der Waals surface area contributed by atoms with Crippen LogP contribution < -0.4 is 4.74 Å². The van der Waals surface area contributed by atoms with Gasteiger partial charge < -0.3 is 4.74 Å². The summed E-state index contributed by atoms with van der Waals surface area (Å²) < 4.78 is 5.06. The van der Waals surface area contributed by atoms with E-state index in [4.69, 9.17) is 4.74 Å². The fourth-order valence-electron chi connectivity index (χ4n) is 1.70. The number of ketones is 1. The van der Waals surface area contributed by atoms with Crippen LogP contribution in [-0.2, 0) is 0 Å². The van der Waals surface area contributed by atoms with Crippen molar-refractivity contribution >= 4 is 17.1 Å². The Hall–Kier alpha value is -2.19. The van der Waals surface area contributed by atoms with Gasteiger partial charge in [-0.05, 0) is 24.6 Å². The van der Waals surface area contributed by atoms with E-state index >= 15 is 0 Å². The lowest BCUT2D eigenvalue weighted by Crippen LogP contribution is -2.09. The van der Waals surface area contributed by atoms with Crippen molar-refractivity contribution in [3.8, 4) is 11.8 Å². The molecule has 5 heteroatoms. The summed E-state index contributed by atoms with van der Waals surface area (Å²) in [5.74, 6) is -0.314. The molecule has 0 saturated carbocycles. The second kappa shape index (κ2) is 5.63. The molecule has 2 aromatic rings. The van der Waals surface area contributed by atoms with Gasteiger partial charge in [-0.1, -0.05) is 12.1 Å². The van der Waals surface area contributed by atoms with Gasteiger partial charge in [0.25, 0.3) is 0 Å². The molecule has 0 aliphatic heterocycles. The zero-order valence-corrected chi connectivity index (χ0v) is 11.4. The van der Waals surface area contributed by atoms with E-state index in [1.54, 1.807) is 31.4 Å². The highest BCUT2D eigenvalue weighted by atomic mass is 32.1. The van der Waals surface area contributed by atoms with E-state index in [2.05, 4.69) is 11.1 Å². The number of carbonyl (C=O) groups is 1. The van der Waals surface area contributed by atoms with Crippen LogP contribution in [0.2, 0.25) is 0 Å². The first kappa shape index (κ1) is 13.2. The molecule has 1 aromatic heterocycles. The lowest BCUT2D eigenvalue weighted by molar-refractivity contribution is 0.0982. The fraction of sp³-hybridized carbons (Fsp3) is 0.214. The Morgan fingerprint density at radius 3 is 2.58 bits per heavy atom. The molecule has 19 heavy (non-hydrogen) atoms. The SMILES string of the molecule is COc1ccc(C(C#N)C(=O)c2cnc(C)s2)cc1. The van der Waals surface area contributed by atoms with Gasteiger partial charge in [0.15, 0.2) is 5.78 Å². The molecule has 1 heterocycles. The van der Waals surface area contributed by atoms with Crippen molar-refractivity contribution < 1.29 is 9.53 Å². The van der Waals surface area contributed by atoms with E-state index in [1.165, 1.54) is 17.5 Å². The maximum Gasteiger partial charge on any atom is 0.195 e. The highest BCUT2D eigenvalue weighted by molar-refractivity contribution is 7.13. The normalized spacial score (nSPS) is 11.6. The van der Waals surface area contributed by atoms with Crippen molar-refractivity contribution in [2.24, 2.45) is 0 Å². The molecule has 0 amide bonds. The predicted molar refractivity (Wildman–Crippen MR) is 72.5 cm³/mol. The monoisotopic (exact) mass is 272 g/mol. The molecule has 96 valence electrons. The number of rotatable bonds is 4. The molecule has 1 atom stereocenters. The maximum atomic E-state index is 12.3. The minimum atomic E-state index is -0.800. The summed E-state index contributed by atoms with van der Waals surface area (Å²) in [6.07, 6.45) is 1.52. The van der Waals surface area contributed by atoms with Crippen molar-refractivity contribution in [3.05, 3.63) is 45.9 Å². The average Bonchev–Trinajstić information content (AvgIpc) is 2.87. The predicted octanol–water partition coefficient (Wildman–Crippen LogP) is 2.95. The Bertz CT molecular complexity index is 626. The molecule has 0 N–H and O–H groups in total. The van der Waals surface area contributed by atoms with E-state index in [0.29, 0.717) is 16.2 Å². The summed E-state index contributed by atoms with van der Waals surface area (Å²) in [6, 6.07) is 9.00. The van der Waals surface area contributed by atoms with Gasteiger partial charge in [0, 0.05) is 6.20 Å². The molecule has 0 spiro atoms. The zero-order valence-electron chi connectivity index (χ0n) is 10.6. The van der Waals surface area contributed by atoms with E-state index in [1.807, 2.05) is 6.92 Å². The van der Waals surface area contributed by atoms with Crippen molar-refractivity contribution in [2.45, 2.75) is 12.8 Å². The quantitative estimate of drug-likeness (QED) is 0.803. The van der Waals surface area contributed by atoms with Crippen molar-refractivity contribution in [2.75, 3.05) is 7.11 Å². The van der Waals surface area contributed by atoms with Gasteiger partial charge in [-0.25, -0.2) is 4.98 Å². The van der Waals surface area contributed by atoms with E-state index in [-0.39, 0.29) is 5.78 Å². The largest absolute Gasteiger partial charge is 0.497 e. The van der Waals surface area contributed by atoms with Crippen LogP contribution in [0.1, 0.15) is 26.2 Å². The molecular formula is C14H12N2O2S. The molecule has 0 bridgehead atoms. The molecule has 1 aromatic carbocycles. The van der Waals surface area contributed by atoms with E-state index < -0.39 is 5.92 Å². The number of aryl methyl sites for hydroxylation is 1. The third kappa shape index (κ3) is 2.80. The molecular weight excluding hydrogens is 260 g/mol. The molecule has 2 rings (SSSR count). The van der Waals surface area contributed by atoms with Crippen LogP contribution in [0.5, 0.6) is 5.75 Å². The van der Waals surface area contributed by atoms with Crippen LogP contribution >= 0.6 is 11.3 Å². The first-order chi connectivity index (χ1) is 9.15.